The normalized spacial score (nSPS) is 17.0. The first-order chi connectivity index (χ1) is 11.6. The number of amides is 1. The van der Waals surface area contributed by atoms with E-state index in [0.717, 1.165) is 24.5 Å². The van der Waals surface area contributed by atoms with Crippen molar-refractivity contribution in [3.05, 3.63) is 65.2 Å². The lowest BCUT2D eigenvalue weighted by Gasteiger charge is -2.25. The van der Waals surface area contributed by atoms with Crippen molar-refractivity contribution in [2.24, 2.45) is 0 Å². The van der Waals surface area contributed by atoms with E-state index in [4.69, 9.17) is 5.11 Å². The highest BCUT2D eigenvalue weighted by molar-refractivity contribution is 5.88. The number of rotatable bonds is 4. The van der Waals surface area contributed by atoms with Gasteiger partial charge in [-0.2, -0.15) is 0 Å². The molecule has 1 N–H and O–H groups in total. The predicted molar refractivity (Wildman–Crippen MR) is 85.0 cm³/mol. The van der Waals surface area contributed by atoms with Crippen LogP contribution in [0.4, 0.5) is 4.39 Å². The zero-order valence-corrected chi connectivity index (χ0v) is 13.0. The SMILES string of the molecule is O=C(O)c1ccc(CC(=O)N2CCCC2c2ccncc2)cc1F. The van der Waals surface area contributed by atoms with Crippen molar-refractivity contribution in [3.63, 3.8) is 0 Å². The second kappa shape index (κ2) is 6.78. The Morgan fingerprint density at radius 2 is 2.00 bits per heavy atom. The van der Waals surface area contributed by atoms with Gasteiger partial charge in [0.05, 0.1) is 18.0 Å². The van der Waals surface area contributed by atoms with E-state index in [1.165, 1.54) is 12.1 Å². The molecule has 2 aromatic rings. The van der Waals surface area contributed by atoms with Gasteiger partial charge in [0.15, 0.2) is 0 Å². The molecule has 1 amide bonds. The van der Waals surface area contributed by atoms with E-state index in [1.54, 1.807) is 17.3 Å². The first-order valence-electron chi connectivity index (χ1n) is 7.77. The summed E-state index contributed by atoms with van der Waals surface area (Å²) in [6, 6.07) is 7.63. The zero-order chi connectivity index (χ0) is 17.1. The molecular weight excluding hydrogens is 311 g/mol. The number of aromatic carboxylic acids is 1. The van der Waals surface area contributed by atoms with Crippen LogP contribution in [0.3, 0.4) is 0 Å². The Kier molecular flexibility index (Phi) is 4.55. The van der Waals surface area contributed by atoms with E-state index in [2.05, 4.69) is 4.98 Å². The van der Waals surface area contributed by atoms with Gasteiger partial charge in [-0.15, -0.1) is 0 Å². The lowest BCUT2D eigenvalue weighted by atomic mass is 10.0. The monoisotopic (exact) mass is 328 g/mol. The van der Waals surface area contributed by atoms with Gasteiger partial charge in [-0.3, -0.25) is 9.78 Å². The number of halogens is 1. The molecule has 0 aliphatic carbocycles. The highest BCUT2D eigenvalue weighted by Crippen LogP contribution is 2.32. The number of carboxylic acid groups (broad SMARTS) is 1. The summed E-state index contributed by atoms with van der Waals surface area (Å²) in [6.07, 6.45) is 5.28. The van der Waals surface area contributed by atoms with Crippen LogP contribution in [0, 0.1) is 5.82 Å². The third kappa shape index (κ3) is 3.27. The van der Waals surface area contributed by atoms with Crippen LogP contribution in [0.1, 0.15) is 40.4 Å². The van der Waals surface area contributed by atoms with E-state index in [-0.39, 0.29) is 23.9 Å². The van der Waals surface area contributed by atoms with Gasteiger partial charge in [-0.25, -0.2) is 9.18 Å². The molecule has 2 heterocycles. The van der Waals surface area contributed by atoms with Crippen molar-refractivity contribution >= 4 is 11.9 Å². The molecule has 3 rings (SSSR count). The Hall–Kier alpha value is -2.76. The summed E-state index contributed by atoms with van der Waals surface area (Å²) in [4.78, 5) is 29.2. The van der Waals surface area contributed by atoms with Crippen molar-refractivity contribution in [1.82, 2.24) is 9.88 Å². The number of carbonyl (C=O) groups excluding carboxylic acids is 1. The van der Waals surface area contributed by atoms with Gasteiger partial charge in [-0.05, 0) is 48.2 Å². The highest BCUT2D eigenvalue weighted by atomic mass is 19.1. The average molecular weight is 328 g/mol. The molecule has 0 spiro atoms. The Labute approximate surface area is 138 Å². The number of nitrogens with zero attached hydrogens (tertiary/aromatic N) is 2. The maximum atomic E-state index is 13.8. The number of carboxylic acids is 1. The number of pyridine rings is 1. The van der Waals surface area contributed by atoms with Crippen LogP contribution in [0.25, 0.3) is 0 Å². The molecule has 1 fully saturated rings. The molecule has 1 saturated heterocycles. The number of carbonyl (C=O) groups is 2. The summed E-state index contributed by atoms with van der Waals surface area (Å²) < 4.78 is 13.8. The topological polar surface area (TPSA) is 70.5 Å². The third-order valence-corrected chi connectivity index (χ3v) is 4.28. The maximum absolute atomic E-state index is 13.8. The van der Waals surface area contributed by atoms with Crippen LogP contribution < -0.4 is 0 Å². The molecule has 24 heavy (non-hydrogen) atoms. The van der Waals surface area contributed by atoms with Crippen LogP contribution in [-0.4, -0.2) is 33.4 Å². The molecule has 1 aromatic heterocycles. The van der Waals surface area contributed by atoms with Crippen LogP contribution in [0.5, 0.6) is 0 Å². The fourth-order valence-electron chi connectivity index (χ4n) is 3.12. The second-order valence-corrected chi connectivity index (χ2v) is 5.82. The smallest absolute Gasteiger partial charge is 0.338 e. The van der Waals surface area contributed by atoms with Gasteiger partial charge >= 0.3 is 5.97 Å². The summed E-state index contributed by atoms with van der Waals surface area (Å²) in [5, 5.41) is 8.85. The van der Waals surface area contributed by atoms with Crippen LogP contribution in [0.15, 0.2) is 42.7 Å². The van der Waals surface area contributed by atoms with Gasteiger partial charge in [0.1, 0.15) is 5.82 Å². The molecule has 124 valence electrons. The third-order valence-electron chi connectivity index (χ3n) is 4.28. The molecule has 1 aliphatic heterocycles. The van der Waals surface area contributed by atoms with Gasteiger partial charge in [0.2, 0.25) is 5.91 Å². The highest BCUT2D eigenvalue weighted by Gasteiger charge is 2.29. The number of likely N-dealkylation sites (tertiary alicyclic amines) is 1. The predicted octanol–water partition coefficient (Wildman–Crippen LogP) is 2.83. The molecule has 0 radical (unpaired) electrons. The second-order valence-electron chi connectivity index (χ2n) is 5.82. The Balaban J connectivity index is 1.75. The fourth-order valence-corrected chi connectivity index (χ4v) is 3.12. The summed E-state index contributed by atoms with van der Waals surface area (Å²) in [6.45, 7) is 0.668. The molecule has 6 heteroatoms. The Morgan fingerprint density at radius 3 is 2.67 bits per heavy atom. The van der Waals surface area contributed by atoms with E-state index in [1.807, 2.05) is 12.1 Å². The summed E-state index contributed by atoms with van der Waals surface area (Å²) in [7, 11) is 0. The van der Waals surface area contributed by atoms with Crippen LogP contribution in [0.2, 0.25) is 0 Å². The Bertz CT molecular complexity index is 764. The fraction of sp³-hybridized carbons (Fsp3) is 0.278. The van der Waals surface area contributed by atoms with Gasteiger partial charge in [-0.1, -0.05) is 6.07 Å². The minimum absolute atomic E-state index is 0.0173. The number of hydrogen-bond acceptors (Lipinski definition) is 3. The quantitative estimate of drug-likeness (QED) is 0.937. The minimum Gasteiger partial charge on any atom is -0.478 e. The van der Waals surface area contributed by atoms with E-state index >= 15 is 0 Å². The molecular formula is C18H17FN2O3. The molecule has 1 atom stereocenters. The number of hydrogen-bond donors (Lipinski definition) is 1. The van der Waals surface area contributed by atoms with Crippen molar-refractivity contribution < 1.29 is 19.1 Å². The van der Waals surface area contributed by atoms with Crippen LogP contribution in [-0.2, 0) is 11.2 Å². The Morgan fingerprint density at radius 1 is 1.25 bits per heavy atom. The van der Waals surface area contributed by atoms with Crippen molar-refractivity contribution in [3.8, 4) is 0 Å². The molecule has 5 nitrogen and oxygen atoms in total. The van der Waals surface area contributed by atoms with Crippen molar-refractivity contribution in [2.75, 3.05) is 6.54 Å². The maximum Gasteiger partial charge on any atom is 0.338 e. The summed E-state index contributed by atoms with van der Waals surface area (Å²) >= 11 is 0. The number of aromatic nitrogens is 1. The van der Waals surface area contributed by atoms with Gasteiger partial charge in [0.25, 0.3) is 0 Å². The zero-order valence-electron chi connectivity index (χ0n) is 13.0. The average Bonchev–Trinajstić information content (AvgIpc) is 3.05. The van der Waals surface area contributed by atoms with E-state index < -0.39 is 11.8 Å². The molecule has 1 aromatic carbocycles. The largest absolute Gasteiger partial charge is 0.478 e. The molecule has 1 unspecified atom stereocenters. The van der Waals surface area contributed by atoms with Gasteiger partial charge < -0.3 is 10.0 Å². The standard InChI is InChI=1S/C18H17FN2O3/c19-15-10-12(3-4-14(15)18(23)24)11-17(22)21-9-1-2-16(21)13-5-7-20-8-6-13/h3-8,10,16H,1-2,9,11H2,(H,23,24). The first kappa shape index (κ1) is 16.1. The molecule has 0 bridgehead atoms. The molecule has 0 saturated carbocycles. The molecule has 1 aliphatic rings. The first-order valence-corrected chi connectivity index (χ1v) is 7.77. The van der Waals surface area contributed by atoms with E-state index in [0.29, 0.717) is 12.1 Å². The van der Waals surface area contributed by atoms with Crippen molar-refractivity contribution in [2.45, 2.75) is 25.3 Å². The van der Waals surface area contributed by atoms with Crippen molar-refractivity contribution in [1.29, 1.82) is 0 Å². The summed E-state index contributed by atoms with van der Waals surface area (Å²) in [5.41, 5.74) is 1.13. The van der Waals surface area contributed by atoms with E-state index in [9.17, 15) is 14.0 Å². The lowest BCUT2D eigenvalue weighted by molar-refractivity contribution is -0.131. The summed E-state index contributed by atoms with van der Waals surface area (Å²) in [5.74, 6) is -2.22. The van der Waals surface area contributed by atoms with Crippen LogP contribution >= 0.6 is 0 Å². The minimum atomic E-state index is -1.32. The number of benzene rings is 1. The lowest BCUT2D eigenvalue weighted by Crippen LogP contribution is -2.31. The van der Waals surface area contributed by atoms with Gasteiger partial charge in [0, 0.05) is 18.9 Å².